The summed E-state index contributed by atoms with van der Waals surface area (Å²) in [6.45, 7) is 4.21. The van der Waals surface area contributed by atoms with Crippen LogP contribution in [0, 0.1) is 0 Å². The molecule has 0 aliphatic carbocycles. The van der Waals surface area contributed by atoms with Gasteiger partial charge in [0.1, 0.15) is 29.9 Å². The Labute approximate surface area is 257 Å². The molecule has 0 spiro atoms. The van der Waals surface area contributed by atoms with Crippen molar-refractivity contribution < 1.29 is 28.0 Å². The summed E-state index contributed by atoms with van der Waals surface area (Å²) in [5, 5.41) is 28.2. The minimum atomic E-state index is -1.02. The number of hydroxylamine groups is 2. The molecule has 18 nitrogen and oxygen atoms in total. The predicted octanol–water partition coefficient (Wildman–Crippen LogP) is 0.857. The molecule has 4 aromatic rings. The largest absolute Gasteiger partial charge is 0.489 e. The molecule has 5 rings (SSSR count). The van der Waals surface area contributed by atoms with Crippen LogP contribution < -0.4 is 26.8 Å². The fourth-order valence-electron chi connectivity index (χ4n) is 4.28. The number of carbonyl (C=O) groups excluding carboxylic acids is 2. The van der Waals surface area contributed by atoms with Crippen LogP contribution in [0.3, 0.4) is 0 Å². The maximum absolute atomic E-state index is 13.4. The number of nitrogen functional groups attached to an aromatic ring is 1. The number of carbonyl (C=O) groups is 2. The molecule has 2 atom stereocenters. The van der Waals surface area contributed by atoms with Crippen LogP contribution in [-0.4, -0.2) is 89.0 Å². The van der Waals surface area contributed by atoms with Gasteiger partial charge in [-0.2, -0.15) is 14.6 Å². The molecule has 8 N–H and O–H groups in total. The summed E-state index contributed by atoms with van der Waals surface area (Å²) in [7, 11) is 0. The molecule has 1 aliphatic heterocycles. The topological polar surface area (TPSA) is 254 Å². The number of hydrogen-bond donors (Lipinski definition) is 6. The molecular formula is C24H28N12O6S2. The van der Waals surface area contributed by atoms with Crippen molar-refractivity contribution >= 4 is 62.9 Å². The Kier molecular flexibility index (Phi) is 9.35. The maximum Gasteiger partial charge on any atom is 0.276 e. The number of rotatable bonds is 14. The summed E-state index contributed by atoms with van der Waals surface area (Å²) in [6.07, 6.45) is 0.659. The molecule has 2 amide bonds. The number of anilines is 2. The standard InChI is InChI=1S/C24H28N12O6S2/c1-24(2)18(22(38)36(24)42-44-39)30-21(37)17(15-11-43-23(26)29-15)33-41-16(20-31-34-35-32-20)10-40-13-3-4-14-12(9-13)5-7-27-19(14)28-8-6-25/h3-5,7,9,11,16,18,39H,6,8,10,25H2,1-2H3,(H2,26,29)(H,27,28)(H,30,37)(H,31,32,34,35)/b33-17-/t16-,18?/m1/s1. The molecule has 1 aliphatic rings. The number of ether oxygens (including phenoxy) is 1. The van der Waals surface area contributed by atoms with Crippen molar-refractivity contribution in [3.8, 4) is 5.75 Å². The van der Waals surface area contributed by atoms with Gasteiger partial charge in [-0.05, 0) is 43.5 Å². The Morgan fingerprint density at radius 2 is 2.20 bits per heavy atom. The molecule has 4 heterocycles. The number of oxime groups is 1. The molecule has 232 valence electrons. The summed E-state index contributed by atoms with van der Waals surface area (Å²) in [4.78, 5) is 40.2. The van der Waals surface area contributed by atoms with Crippen molar-refractivity contribution in [3.63, 3.8) is 0 Å². The Hall–Kier alpha value is -4.63. The Balaban J connectivity index is 1.35. The lowest BCUT2D eigenvalue weighted by Gasteiger charge is -2.50. The number of nitrogens with zero attached hydrogens (tertiary/aromatic N) is 7. The van der Waals surface area contributed by atoms with Crippen molar-refractivity contribution in [3.05, 3.63) is 47.4 Å². The van der Waals surface area contributed by atoms with Crippen LogP contribution in [0.5, 0.6) is 5.75 Å². The van der Waals surface area contributed by atoms with Crippen molar-refractivity contribution in [2.75, 3.05) is 30.7 Å². The summed E-state index contributed by atoms with van der Waals surface area (Å²) in [5.74, 6) is -0.0233. The minimum absolute atomic E-state index is 0.0201. The summed E-state index contributed by atoms with van der Waals surface area (Å²) in [5.41, 5.74) is 10.3. The third-order valence-corrected chi connectivity index (χ3v) is 7.42. The van der Waals surface area contributed by atoms with Gasteiger partial charge in [0.15, 0.2) is 23.2 Å². The number of hydrogen-bond acceptors (Lipinski definition) is 17. The van der Waals surface area contributed by atoms with Crippen LogP contribution in [0.15, 0.2) is 41.0 Å². The Bertz CT molecular complexity index is 1650. The maximum atomic E-state index is 13.4. The van der Waals surface area contributed by atoms with E-state index in [-0.39, 0.29) is 41.3 Å². The number of amides is 2. The highest BCUT2D eigenvalue weighted by molar-refractivity contribution is 7.88. The highest BCUT2D eigenvalue weighted by atomic mass is 32.2. The smallest absolute Gasteiger partial charge is 0.276 e. The van der Waals surface area contributed by atoms with Gasteiger partial charge in [-0.25, -0.2) is 9.97 Å². The van der Waals surface area contributed by atoms with E-state index in [1.807, 2.05) is 18.2 Å². The molecule has 44 heavy (non-hydrogen) atoms. The number of pyridine rings is 1. The molecule has 1 saturated heterocycles. The molecule has 1 aromatic carbocycles. The number of fused-ring (bicyclic) bond motifs is 1. The van der Waals surface area contributed by atoms with Crippen LogP contribution in [0.25, 0.3) is 10.8 Å². The van der Waals surface area contributed by atoms with E-state index >= 15 is 0 Å². The van der Waals surface area contributed by atoms with Gasteiger partial charge >= 0.3 is 0 Å². The number of aromatic nitrogens is 6. The second-order valence-electron chi connectivity index (χ2n) is 9.79. The zero-order valence-electron chi connectivity index (χ0n) is 23.3. The van der Waals surface area contributed by atoms with E-state index in [1.54, 1.807) is 26.1 Å². The van der Waals surface area contributed by atoms with Crippen LogP contribution in [0.1, 0.15) is 31.5 Å². The highest BCUT2D eigenvalue weighted by Gasteiger charge is 2.57. The van der Waals surface area contributed by atoms with Crippen molar-refractivity contribution in [2.24, 2.45) is 10.9 Å². The molecular weight excluding hydrogens is 616 g/mol. The van der Waals surface area contributed by atoms with E-state index in [0.717, 1.165) is 27.2 Å². The highest BCUT2D eigenvalue weighted by Crippen LogP contribution is 2.34. The van der Waals surface area contributed by atoms with Crippen LogP contribution in [-0.2, 0) is 18.7 Å². The van der Waals surface area contributed by atoms with Gasteiger partial charge in [0.2, 0.25) is 11.9 Å². The van der Waals surface area contributed by atoms with Gasteiger partial charge in [-0.1, -0.05) is 10.4 Å². The molecule has 3 aromatic heterocycles. The predicted molar refractivity (Wildman–Crippen MR) is 160 cm³/mol. The van der Waals surface area contributed by atoms with Crippen molar-refractivity contribution in [1.82, 2.24) is 41.0 Å². The SMILES string of the molecule is CC1(C)C(NC(=O)/C(=N\O[C@H](COc2ccc3c(NCCN)nccc3c2)c2nn[nH]n2)c2csc(N)n2)C(=O)N1OSO. The van der Waals surface area contributed by atoms with Crippen LogP contribution in [0.2, 0.25) is 0 Å². The number of benzene rings is 1. The van der Waals surface area contributed by atoms with Crippen LogP contribution in [0.4, 0.5) is 10.9 Å². The molecule has 20 heteroatoms. The Morgan fingerprint density at radius 3 is 2.89 bits per heavy atom. The van der Waals surface area contributed by atoms with Gasteiger partial charge in [-0.3, -0.25) is 9.59 Å². The lowest BCUT2D eigenvalue weighted by Crippen LogP contribution is -2.76. The first-order valence-corrected chi connectivity index (χ1v) is 14.6. The summed E-state index contributed by atoms with van der Waals surface area (Å²) < 4.78 is 19.8. The second kappa shape index (κ2) is 13.3. The van der Waals surface area contributed by atoms with E-state index in [0.29, 0.717) is 24.7 Å². The number of nitrogens with two attached hydrogens (primary N) is 2. The first-order valence-electron chi connectivity index (χ1n) is 13.0. The zero-order valence-corrected chi connectivity index (χ0v) is 25.0. The number of β-lactam (4-membered cyclic amide) rings is 1. The lowest BCUT2D eigenvalue weighted by atomic mass is 9.84. The third-order valence-electron chi connectivity index (χ3n) is 6.53. The minimum Gasteiger partial charge on any atom is -0.489 e. The lowest BCUT2D eigenvalue weighted by molar-refractivity contribution is -0.214. The zero-order chi connectivity index (χ0) is 31.3. The van der Waals surface area contributed by atoms with Gasteiger partial charge < -0.3 is 36.2 Å². The first-order chi connectivity index (χ1) is 21.2. The first kappa shape index (κ1) is 30.8. The Morgan fingerprint density at radius 1 is 1.36 bits per heavy atom. The van der Waals surface area contributed by atoms with Gasteiger partial charge in [0.25, 0.3) is 11.8 Å². The van der Waals surface area contributed by atoms with E-state index in [1.165, 1.54) is 5.38 Å². The molecule has 0 saturated carbocycles. The third kappa shape index (κ3) is 6.48. The van der Waals surface area contributed by atoms with Gasteiger partial charge in [0, 0.05) is 30.1 Å². The van der Waals surface area contributed by atoms with E-state index in [9.17, 15) is 9.59 Å². The molecule has 0 bridgehead atoms. The number of nitrogens with one attached hydrogen (secondary N) is 3. The second-order valence-corrected chi connectivity index (χ2v) is 11.0. The van der Waals surface area contributed by atoms with E-state index < -0.39 is 29.5 Å². The van der Waals surface area contributed by atoms with Gasteiger partial charge in [0.05, 0.1) is 5.54 Å². The van der Waals surface area contributed by atoms with E-state index in [2.05, 4.69) is 46.4 Å². The number of H-pyrrole nitrogens is 1. The quantitative estimate of drug-likeness (QED) is 0.0481. The fourth-order valence-corrected chi connectivity index (χ4v) is 5.16. The monoisotopic (exact) mass is 644 g/mol. The number of aromatic amines is 1. The van der Waals surface area contributed by atoms with Crippen molar-refractivity contribution in [2.45, 2.75) is 31.5 Å². The number of thiazole rings is 1. The number of tetrazole rings is 1. The summed E-state index contributed by atoms with van der Waals surface area (Å²) in [6, 6.07) is 6.32. The average molecular weight is 645 g/mol. The molecule has 1 unspecified atom stereocenters. The molecule has 0 radical (unpaired) electrons. The van der Waals surface area contributed by atoms with Crippen molar-refractivity contribution in [1.29, 1.82) is 0 Å². The molecule has 1 fully saturated rings. The van der Waals surface area contributed by atoms with Crippen LogP contribution >= 0.6 is 23.7 Å². The van der Waals surface area contributed by atoms with Gasteiger partial charge in [-0.15, -0.1) is 21.5 Å². The normalized spacial score (nSPS) is 16.8. The fraction of sp³-hybridized carbons (Fsp3) is 0.333. The summed E-state index contributed by atoms with van der Waals surface area (Å²) >= 11 is 1.11. The average Bonchev–Trinajstić information content (AvgIpc) is 3.71. The van der Waals surface area contributed by atoms with E-state index in [4.69, 9.17) is 29.9 Å².